The van der Waals surface area contributed by atoms with Crippen molar-refractivity contribution in [3.05, 3.63) is 65.8 Å². The average Bonchev–Trinajstić information content (AvgIpc) is 3.32. The number of para-hydroxylation sites is 1. The number of rotatable bonds is 6. The smallest absolute Gasteiger partial charge is 0.233 e. The molecule has 7 heteroatoms. The largest absolute Gasteiger partial charge is 0.339 e. The zero-order chi connectivity index (χ0) is 20.4. The van der Waals surface area contributed by atoms with Gasteiger partial charge in [0.05, 0.1) is 15.9 Å². The molecule has 0 saturated heterocycles. The van der Waals surface area contributed by atoms with Crippen LogP contribution in [-0.4, -0.2) is 21.0 Å². The number of benzene rings is 2. The summed E-state index contributed by atoms with van der Waals surface area (Å²) in [6.45, 7) is 6.06. The number of thiazole rings is 1. The molecule has 1 amide bonds. The number of aryl methyl sites for hydroxylation is 2. The van der Waals surface area contributed by atoms with Crippen molar-refractivity contribution in [1.29, 1.82) is 0 Å². The Labute approximate surface area is 173 Å². The van der Waals surface area contributed by atoms with Crippen molar-refractivity contribution < 1.29 is 9.32 Å². The molecule has 29 heavy (non-hydrogen) atoms. The van der Waals surface area contributed by atoms with Crippen LogP contribution in [0, 0.1) is 6.92 Å². The van der Waals surface area contributed by atoms with Gasteiger partial charge in [-0.1, -0.05) is 54.6 Å². The van der Waals surface area contributed by atoms with Crippen molar-refractivity contribution in [3.63, 3.8) is 0 Å². The fraction of sp³-hybridized carbons (Fsp3) is 0.273. The highest BCUT2D eigenvalue weighted by atomic mass is 32.1. The molecule has 2 aromatic carbocycles. The highest BCUT2D eigenvalue weighted by Gasteiger charge is 2.22. The second kappa shape index (κ2) is 8.13. The lowest BCUT2D eigenvalue weighted by Gasteiger charge is -2.20. The Morgan fingerprint density at radius 2 is 1.86 bits per heavy atom. The zero-order valence-electron chi connectivity index (χ0n) is 16.6. The third-order valence-corrected chi connectivity index (χ3v) is 5.69. The minimum absolute atomic E-state index is 0.0581. The predicted octanol–water partition coefficient (Wildman–Crippen LogP) is 5.41. The van der Waals surface area contributed by atoms with Gasteiger partial charge in [0.25, 0.3) is 0 Å². The van der Waals surface area contributed by atoms with Gasteiger partial charge < -0.3 is 4.52 Å². The molecule has 2 aromatic heterocycles. The summed E-state index contributed by atoms with van der Waals surface area (Å²) >= 11 is 1.51. The van der Waals surface area contributed by atoms with E-state index in [0.717, 1.165) is 15.9 Å². The highest BCUT2D eigenvalue weighted by Crippen LogP contribution is 2.34. The molecule has 4 rings (SSSR count). The molecule has 0 N–H and O–H groups in total. The number of hydrogen-bond donors (Lipinski definition) is 0. The minimum Gasteiger partial charge on any atom is -0.339 e. The molecule has 0 bridgehead atoms. The normalized spacial score (nSPS) is 11.3. The van der Waals surface area contributed by atoms with E-state index < -0.39 is 0 Å². The molecule has 4 aromatic rings. The fourth-order valence-electron chi connectivity index (χ4n) is 3.09. The fourth-order valence-corrected chi connectivity index (χ4v) is 4.10. The van der Waals surface area contributed by atoms with Crippen molar-refractivity contribution in [3.8, 4) is 0 Å². The molecule has 6 nitrogen and oxygen atoms in total. The summed E-state index contributed by atoms with van der Waals surface area (Å²) in [6, 6.07) is 16.0. The number of fused-ring (bicyclic) bond motifs is 1. The molecule has 0 spiro atoms. The molecular weight excluding hydrogens is 384 g/mol. The summed E-state index contributed by atoms with van der Waals surface area (Å²) in [7, 11) is 0. The van der Waals surface area contributed by atoms with Crippen LogP contribution >= 0.6 is 11.3 Å². The Hall–Kier alpha value is -3.06. The summed E-state index contributed by atoms with van der Waals surface area (Å²) in [4.78, 5) is 23.8. The molecule has 0 saturated carbocycles. The monoisotopic (exact) mass is 406 g/mol. The summed E-state index contributed by atoms with van der Waals surface area (Å²) in [5.41, 5.74) is 2.92. The Morgan fingerprint density at radius 3 is 2.52 bits per heavy atom. The number of aromatic nitrogens is 3. The lowest BCUT2D eigenvalue weighted by Crippen LogP contribution is -2.26. The first-order valence-corrected chi connectivity index (χ1v) is 10.4. The maximum absolute atomic E-state index is 13.2. The van der Waals surface area contributed by atoms with Crippen LogP contribution in [0.5, 0.6) is 0 Å². The minimum atomic E-state index is -0.0581. The highest BCUT2D eigenvalue weighted by molar-refractivity contribution is 7.22. The van der Waals surface area contributed by atoms with Gasteiger partial charge in [-0.2, -0.15) is 4.98 Å². The topological polar surface area (TPSA) is 72.1 Å². The second-order valence-corrected chi connectivity index (χ2v) is 8.18. The van der Waals surface area contributed by atoms with Crippen LogP contribution < -0.4 is 4.90 Å². The van der Waals surface area contributed by atoms with Gasteiger partial charge >= 0.3 is 0 Å². The average molecular weight is 407 g/mol. The van der Waals surface area contributed by atoms with E-state index in [9.17, 15) is 4.79 Å². The van der Waals surface area contributed by atoms with Gasteiger partial charge in [-0.05, 0) is 42.7 Å². The van der Waals surface area contributed by atoms with E-state index in [1.165, 1.54) is 16.9 Å². The van der Waals surface area contributed by atoms with E-state index in [2.05, 4.69) is 36.1 Å². The van der Waals surface area contributed by atoms with E-state index in [-0.39, 0.29) is 12.3 Å². The van der Waals surface area contributed by atoms with Gasteiger partial charge in [0.15, 0.2) is 11.0 Å². The first-order chi connectivity index (χ1) is 14.0. The molecule has 2 heterocycles. The predicted molar refractivity (Wildman–Crippen MR) is 115 cm³/mol. The van der Waals surface area contributed by atoms with Crippen molar-refractivity contribution >= 4 is 38.3 Å². The molecule has 0 aliphatic rings. The van der Waals surface area contributed by atoms with Crippen LogP contribution in [0.25, 0.3) is 10.2 Å². The van der Waals surface area contributed by atoms with Gasteiger partial charge in [0.1, 0.15) is 0 Å². The standard InChI is InChI=1S/C22H22N4O2S/c1-14(2)16-8-10-17(11-9-16)26(21(27)13-12-20-23-15(3)25-28-20)22-24-18-6-4-5-7-19(18)29-22/h4-11,14H,12-13H2,1-3H3. The number of amides is 1. The van der Waals surface area contributed by atoms with Gasteiger partial charge in [-0.25, -0.2) is 4.98 Å². The molecule has 0 aliphatic heterocycles. The van der Waals surface area contributed by atoms with Crippen molar-refractivity contribution in [2.45, 2.75) is 39.5 Å². The van der Waals surface area contributed by atoms with Crippen LogP contribution in [0.15, 0.2) is 53.1 Å². The second-order valence-electron chi connectivity index (χ2n) is 7.17. The molecule has 0 atom stereocenters. The number of nitrogens with zero attached hydrogens (tertiary/aromatic N) is 4. The van der Waals surface area contributed by atoms with Crippen molar-refractivity contribution in [1.82, 2.24) is 15.1 Å². The quantitative estimate of drug-likeness (QED) is 0.428. The van der Waals surface area contributed by atoms with E-state index in [4.69, 9.17) is 9.51 Å². The number of hydrogen-bond acceptors (Lipinski definition) is 6. The number of carbonyl (C=O) groups is 1. The van der Waals surface area contributed by atoms with Crippen LogP contribution in [-0.2, 0) is 11.2 Å². The summed E-state index contributed by atoms with van der Waals surface area (Å²) in [5, 5.41) is 4.45. The molecule has 148 valence electrons. The lowest BCUT2D eigenvalue weighted by atomic mass is 10.0. The van der Waals surface area contributed by atoms with Gasteiger partial charge in [0.2, 0.25) is 11.8 Å². The molecule has 0 aliphatic carbocycles. The van der Waals surface area contributed by atoms with Crippen molar-refractivity contribution in [2.75, 3.05) is 4.90 Å². The third-order valence-electron chi connectivity index (χ3n) is 4.66. The molecular formula is C22H22N4O2S. The Kier molecular flexibility index (Phi) is 5.40. The summed E-state index contributed by atoms with van der Waals surface area (Å²) < 4.78 is 6.20. The Balaban J connectivity index is 1.66. The molecule has 0 fully saturated rings. The maximum atomic E-state index is 13.2. The van der Waals surface area contributed by atoms with Crippen molar-refractivity contribution in [2.24, 2.45) is 0 Å². The Morgan fingerprint density at radius 1 is 1.10 bits per heavy atom. The third kappa shape index (κ3) is 4.19. The first kappa shape index (κ1) is 19.3. The summed E-state index contributed by atoms with van der Waals surface area (Å²) in [5.74, 6) is 1.41. The number of carbonyl (C=O) groups excluding carboxylic acids is 1. The van der Waals surface area contributed by atoms with E-state index >= 15 is 0 Å². The van der Waals surface area contributed by atoms with Crippen LogP contribution in [0.1, 0.15) is 43.5 Å². The maximum Gasteiger partial charge on any atom is 0.233 e. The first-order valence-electron chi connectivity index (χ1n) is 9.59. The van der Waals surface area contributed by atoms with Crippen LogP contribution in [0.2, 0.25) is 0 Å². The lowest BCUT2D eigenvalue weighted by molar-refractivity contribution is -0.117. The Bertz CT molecular complexity index is 1100. The van der Waals surface area contributed by atoms with Crippen LogP contribution in [0.4, 0.5) is 10.8 Å². The van der Waals surface area contributed by atoms with Crippen LogP contribution in [0.3, 0.4) is 0 Å². The van der Waals surface area contributed by atoms with E-state index in [1.54, 1.807) is 11.8 Å². The van der Waals surface area contributed by atoms with E-state index in [1.807, 2.05) is 36.4 Å². The van der Waals surface area contributed by atoms with Gasteiger partial charge in [0, 0.05) is 12.8 Å². The number of anilines is 2. The SMILES string of the molecule is Cc1noc(CCC(=O)N(c2ccc(C(C)C)cc2)c2nc3ccccc3s2)n1. The van der Waals surface area contributed by atoms with E-state index in [0.29, 0.717) is 29.2 Å². The molecule has 0 radical (unpaired) electrons. The van der Waals surface area contributed by atoms with Gasteiger partial charge in [-0.3, -0.25) is 9.69 Å². The van der Waals surface area contributed by atoms with Gasteiger partial charge in [-0.15, -0.1) is 0 Å². The molecule has 0 unspecified atom stereocenters. The zero-order valence-corrected chi connectivity index (χ0v) is 17.4. The summed E-state index contributed by atoms with van der Waals surface area (Å²) in [6.07, 6.45) is 0.647.